The highest BCUT2D eigenvalue weighted by Crippen LogP contribution is 2.33. The maximum Gasteiger partial charge on any atom is 0.328 e. The summed E-state index contributed by atoms with van der Waals surface area (Å²) in [5.41, 5.74) is 5.76. The number of esters is 2. The molecule has 3 aromatic carbocycles. The van der Waals surface area contributed by atoms with E-state index in [2.05, 4.69) is 15.2 Å². The Morgan fingerprint density at radius 2 is 1.61 bits per heavy atom. The van der Waals surface area contributed by atoms with Crippen LogP contribution >= 0.6 is 23.2 Å². The van der Waals surface area contributed by atoms with Gasteiger partial charge in [-0.25, -0.2) is 9.78 Å². The van der Waals surface area contributed by atoms with E-state index in [0.29, 0.717) is 36.2 Å². The van der Waals surface area contributed by atoms with Crippen LogP contribution < -0.4 is 15.0 Å². The maximum atomic E-state index is 12.8. The number of amides is 1. The molecule has 49 heavy (non-hydrogen) atoms. The third-order valence-electron chi connectivity index (χ3n) is 8.12. The van der Waals surface area contributed by atoms with Crippen molar-refractivity contribution in [2.75, 3.05) is 44.0 Å². The summed E-state index contributed by atoms with van der Waals surface area (Å²) in [4.78, 5) is 48.5. The zero-order chi connectivity index (χ0) is 34.8. The molecule has 0 aliphatic rings. The van der Waals surface area contributed by atoms with Gasteiger partial charge in [-0.3, -0.25) is 9.59 Å². The lowest BCUT2D eigenvalue weighted by Gasteiger charge is -2.23. The summed E-state index contributed by atoms with van der Waals surface area (Å²) >= 11 is 11.9. The molecule has 12 heteroatoms. The lowest BCUT2D eigenvalue weighted by Crippen LogP contribution is -2.43. The summed E-state index contributed by atoms with van der Waals surface area (Å²) in [6, 6.07) is 24.1. The number of fused-ring (bicyclic) bond motifs is 3. The van der Waals surface area contributed by atoms with Crippen LogP contribution in [0.1, 0.15) is 24.1 Å². The number of ether oxygens (including phenoxy) is 3. The van der Waals surface area contributed by atoms with Gasteiger partial charge in [0.2, 0.25) is 5.91 Å². The summed E-state index contributed by atoms with van der Waals surface area (Å²) < 4.78 is 15.8. The molecule has 0 radical (unpaired) electrons. The number of aromatic amines is 1. The van der Waals surface area contributed by atoms with Crippen molar-refractivity contribution in [3.63, 3.8) is 0 Å². The molecule has 256 valence electrons. The fourth-order valence-corrected chi connectivity index (χ4v) is 6.04. The van der Waals surface area contributed by atoms with Gasteiger partial charge in [0.25, 0.3) is 0 Å². The number of nitrogens with zero attached hydrogens (tertiary/aromatic N) is 2. The number of halogens is 2. The van der Waals surface area contributed by atoms with Crippen LogP contribution in [-0.2, 0) is 36.9 Å². The van der Waals surface area contributed by atoms with Crippen LogP contribution in [-0.4, -0.2) is 72.9 Å². The molecule has 2 N–H and O–H groups in total. The van der Waals surface area contributed by atoms with Gasteiger partial charge in [0.15, 0.2) is 0 Å². The van der Waals surface area contributed by atoms with Crippen molar-refractivity contribution in [3.05, 3.63) is 90.1 Å². The van der Waals surface area contributed by atoms with Gasteiger partial charge < -0.3 is 29.4 Å². The second-order valence-electron chi connectivity index (χ2n) is 11.3. The van der Waals surface area contributed by atoms with Gasteiger partial charge in [-0.15, -0.1) is 23.2 Å². The van der Waals surface area contributed by atoms with Crippen LogP contribution in [0.4, 0.5) is 5.69 Å². The topological polar surface area (TPSA) is 123 Å². The quantitative estimate of drug-likeness (QED) is 0.0894. The maximum absolute atomic E-state index is 12.8. The minimum Gasteiger partial charge on any atom is -0.497 e. The number of pyridine rings is 1. The molecular formula is C37H38Cl2N4O6. The van der Waals surface area contributed by atoms with Gasteiger partial charge >= 0.3 is 11.9 Å². The number of H-pyrrole nitrogens is 1. The van der Waals surface area contributed by atoms with Crippen molar-refractivity contribution in [2.45, 2.75) is 31.9 Å². The molecule has 0 spiro atoms. The predicted molar refractivity (Wildman–Crippen MR) is 192 cm³/mol. The summed E-state index contributed by atoms with van der Waals surface area (Å²) in [6.45, 7) is 1.22. The highest BCUT2D eigenvalue weighted by atomic mass is 35.5. The minimum absolute atomic E-state index is 0.0763. The van der Waals surface area contributed by atoms with E-state index in [9.17, 15) is 14.4 Å². The van der Waals surface area contributed by atoms with Crippen LogP contribution in [0.25, 0.3) is 33.1 Å². The van der Waals surface area contributed by atoms with Gasteiger partial charge in [-0.05, 0) is 54.1 Å². The van der Waals surface area contributed by atoms with Gasteiger partial charge in [0.05, 0.1) is 37.5 Å². The number of rotatable bonds is 16. The Hall–Kier alpha value is -4.80. The van der Waals surface area contributed by atoms with E-state index in [1.54, 1.807) is 7.11 Å². The first-order chi connectivity index (χ1) is 23.8. The van der Waals surface area contributed by atoms with Crippen molar-refractivity contribution in [1.29, 1.82) is 0 Å². The number of methoxy groups -OCH3 is 2. The molecule has 0 saturated carbocycles. The van der Waals surface area contributed by atoms with E-state index in [1.165, 1.54) is 7.11 Å². The Morgan fingerprint density at radius 3 is 2.29 bits per heavy atom. The number of anilines is 1. The number of carbonyl (C=O) groups excluding carboxylic acids is 3. The Balaban J connectivity index is 1.21. The molecule has 0 unspecified atom stereocenters. The number of hydrogen-bond acceptors (Lipinski definition) is 8. The van der Waals surface area contributed by atoms with Crippen LogP contribution in [0.3, 0.4) is 0 Å². The first kappa shape index (κ1) is 35.5. The second kappa shape index (κ2) is 17.0. The average molecular weight is 706 g/mol. The van der Waals surface area contributed by atoms with Gasteiger partial charge in [-0.2, -0.15) is 0 Å². The van der Waals surface area contributed by atoms with Gasteiger partial charge in [0.1, 0.15) is 18.4 Å². The third-order valence-corrected chi connectivity index (χ3v) is 8.46. The number of benzene rings is 3. The van der Waals surface area contributed by atoms with E-state index >= 15 is 0 Å². The number of alkyl halides is 2. The Bertz CT molecular complexity index is 1890. The SMILES string of the molecule is COC(=O)[C@H](Cc1ccc(N(CCCl)CCCl)cc1)NC(=O)CCC(=O)OCc1cc2c([nH]c3ccccc32)c(-c2ccc(OC)cc2)n1. The fourth-order valence-electron chi connectivity index (χ4n) is 5.63. The van der Waals surface area contributed by atoms with Crippen molar-refractivity contribution >= 4 is 68.5 Å². The molecule has 0 aliphatic carbocycles. The van der Waals surface area contributed by atoms with Crippen molar-refractivity contribution in [3.8, 4) is 17.0 Å². The number of aromatic nitrogens is 2. The van der Waals surface area contributed by atoms with Crippen LogP contribution in [0.5, 0.6) is 5.75 Å². The number of carbonyl (C=O) groups is 3. The summed E-state index contributed by atoms with van der Waals surface area (Å²) in [5.74, 6) is 0.0333. The van der Waals surface area contributed by atoms with E-state index < -0.39 is 23.9 Å². The highest BCUT2D eigenvalue weighted by Gasteiger charge is 2.23. The molecule has 1 amide bonds. The zero-order valence-electron chi connectivity index (χ0n) is 27.3. The molecule has 10 nitrogen and oxygen atoms in total. The molecule has 1 atom stereocenters. The first-order valence-electron chi connectivity index (χ1n) is 15.9. The van der Waals surface area contributed by atoms with E-state index in [1.807, 2.05) is 78.9 Å². The molecule has 0 fully saturated rings. The fraction of sp³-hybridized carbons (Fsp3) is 0.297. The number of hydrogen-bond donors (Lipinski definition) is 2. The molecule has 0 saturated heterocycles. The first-order valence-corrected chi connectivity index (χ1v) is 16.9. The molecule has 5 rings (SSSR count). The van der Waals surface area contributed by atoms with Crippen molar-refractivity contribution < 1.29 is 28.6 Å². The largest absolute Gasteiger partial charge is 0.497 e. The molecule has 5 aromatic rings. The predicted octanol–water partition coefficient (Wildman–Crippen LogP) is 6.40. The van der Waals surface area contributed by atoms with Crippen LogP contribution in [0.2, 0.25) is 0 Å². The summed E-state index contributed by atoms with van der Waals surface area (Å²) in [7, 11) is 2.88. The van der Waals surface area contributed by atoms with Gasteiger partial charge in [-0.1, -0.05) is 30.3 Å². The van der Waals surface area contributed by atoms with Crippen LogP contribution in [0, 0.1) is 0 Å². The molecular weight excluding hydrogens is 667 g/mol. The van der Waals surface area contributed by atoms with E-state index in [0.717, 1.165) is 44.4 Å². The van der Waals surface area contributed by atoms with E-state index in [-0.39, 0.29) is 25.9 Å². The third kappa shape index (κ3) is 9.01. The Labute approximate surface area is 294 Å². The summed E-state index contributed by atoms with van der Waals surface area (Å²) in [6.07, 6.45) is -0.123. The number of nitrogens with one attached hydrogen (secondary N) is 2. The lowest BCUT2D eigenvalue weighted by molar-refractivity contribution is -0.147. The van der Waals surface area contributed by atoms with Gasteiger partial charge in [0, 0.05) is 65.2 Å². The van der Waals surface area contributed by atoms with E-state index in [4.69, 9.17) is 42.4 Å². The standard InChI is InChI=1S/C37H38Cl2N4O6/c1-47-28-13-9-25(10-14-28)35-36-30(29-5-3-4-6-31(29)42-36)22-26(40-35)23-49-34(45)16-15-33(44)41-32(37(46)48-2)21-24-7-11-27(12-8-24)43(19-17-38)20-18-39/h3-14,22,32,42H,15-21,23H2,1-2H3,(H,41,44)/t32-/m0/s1. The number of para-hydroxylation sites is 1. The molecule has 2 heterocycles. The second-order valence-corrected chi connectivity index (χ2v) is 12.1. The average Bonchev–Trinajstić information content (AvgIpc) is 3.51. The smallest absolute Gasteiger partial charge is 0.328 e. The molecule has 0 bridgehead atoms. The molecule has 2 aromatic heterocycles. The highest BCUT2D eigenvalue weighted by molar-refractivity contribution is 6.18. The lowest BCUT2D eigenvalue weighted by atomic mass is 10.0. The Morgan fingerprint density at radius 1 is 0.898 bits per heavy atom. The van der Waals surface area contributed by atoms with Crippen LogP contribution in [0.15, 0.2) is 78.9 Å². The van der Waals surface area contributed by atoms with Crippen molar-refractivity contribution in [1.82, 2.24) is 15.3 Å². The Kier molecular flexibility index (Phi) is 12.3. The monoisotopic (exact) mass is 704 g/mol. The zero-order valence-corrected chi connectivity index (χ0v) is 28.9. The summed E-state index contributed by atoms with van der Waals surface area (Å²) in [5, 5.41) is 4.67. The van der Waals surface area contributed by atoms with Crippen molar-refractivity contribution in [2.24, 2.45) is 0 Å². The minimum atomic E-state index is -0.926. The molecule has 0 aliphatic heterocycles. The normalized spacial score (nSPS) is 11.7.